The van der Waals surface area contributed by atoms with Crippen molar-refractivity contribution in [3.8, 4) is 0 Å². The van der Waals surface area contributed by atoms with Crippen molar-refractivity contribution in [2.24, 2.45) is 0 Å². The second-order valence-electron chi connectivity index (χ2n) is 5.82. The molecule has 1 aliphatic heterocycles. The van der Waals surface area contributed by atoms with E-state index in [-0.39, 0.29) is 0 Å². The molecule has 0 aromatic carbocycles. The summed E-state index contributed by atoms with van der Waals surface area (Å²) < 4.78 is 1.93. The summed E-state index contributed by atoms with van der Waals surface area (Å²) in [6, 6.07) is 2.58. The van der Waals surface area contributed by atoms with Crippen molar-refractivity contribution in [2.45, 2.75) is 25.8 Å². The smallest absolute Gasteiger partial charge is 0.225 e. The fourth-order valence-corrected chi connectivity index (χ4v) is 3.63. The minimum atomic E-state index is 0.461. The van der Waals surface area contributed by atoms with Crippen LogP contribution < -0.4 is 9.80 Å². The summed E-state index contributed by atoms with van der Waals surface area (Å²) in [5.74, 6) is 1.87. The van der Waals surface area contributed by atoms with Crippen molar-refractivity contribution >= 4 is 43.6 Å². The molecule has 0 atom stereocenters. The number of nitrogens with zero attached hydrogens (tertiary/aromatic N) is 5. The molecule has 2 aromatic rings. The van der Waals surface area contributed by atoms with E-state index in [1.165, 1.54) is 5.56 Å². The highest BCUT2D eigenvalue weighted by Crippen LogP contribution is 2.26. The Morgan fingerprint density at radius 1 is 1.04 bits per heavy atom. The minimum Gasteiger partial charge on any atom is -0.356 e. The van der Waals surface area contributed by atoms with E-state index in [0.717, 1.165) is 46.6 Å². The van der Waals surface area contributed by atoms with Gasteiger partial charge in [0.1, 0.15) is 5.82 Å². The van der Waals surface area contributed by atoms with E-state index in [1.54, 1.807) is 12.4 Å². The molecular formula is C16H19Br2N5. The summed E-state index contributed by atoms with van der Waals surface area (Å²) in [4.78, 5) is 17.9. The molecule has 23 heavy (non-hydrogen) atoms. The number of piperidine rings is 1. The molecular weight excluding hydrogens is 422 g/mol. The number of pyridine rings is 1. The third-order valence-electron chi connectivity index (χ3n) is 4.25. The molecule has 0 N–H and O–H groups in total. The van der Waals surface area contributed by atoms with Gasteiger partial charge in [0.2, 0.25) is 5.95 Å². The van der Waals surface area contributed by atoms with Gasteiger partial charge in [-0.3, -0.25) is 0 Å². The zero-order valence-corrected chi connectivity index (χ0v) is 16.4. The van der Waals surface area contributed by atoms with Crippen LogP contribution in [0.3, 0.4) is 0 Å². The normalized spacial score (nSPS) is 15.7. The highest BCUT2D eigenvalue weighted by atomic mass is 79.9. The Kier molecular flexibility index (Phi) is 5.16. The van der Waals surface area contributed by atoms with Crippen molar-refractivity contribution < 1.29 is 0 Å². The van der Waals surface area contributed by atoms with Gasteiger partial charge >= 0.3 is 0 Å². The second-order valence-corrected chi connectivity index (χ2v) is 7.66. The molecule has 0 spiro atoms. The fraction of sp³-hybridized carbons (Fsp3) is 0.438. The van der Waals surface area contributed by atoms with Gasteiger partial charge in [-0.15, -0.1) is 0 Å². The van der Waals surface area contributed by atoms with Crippen LogP contribution in [0.5, 0.6) is 0 Å². The molecule has 5 nitrogen and oxygen atoms in total. The molecule has 1 aliphatic rings. The van der Waals surface area contributed by atoms with Crippen LogP contribution in [-0.4, -0.2) is 41.1 Å². The molecule has 1 saturated heterocycles. The average Bonchev–Trinajstić information content (AvgIpc) is 2.55. The summed E-state index contributed by atoms with van der Waals surface area (Å²) in [5, 5.41) is 0. The lowest BCUT2D eigenvalue weighted by Gasteiger charge is -2.37. The maximum absolute atomic E-state index is 4.57. The van der Waals surface area contributed by atoms with E-state index in [4.69, 9.17) is 0 Å². The zero-order chi connectivity index (χ0) is 16.4. The van der Waals surface area contributed by atoms with Crippen LogP contribution in [0.1, 0.15) is 18.4 Å². The molecule has 2 aromatic heterocycles. The Balaban J connectivity index is 1.65. The molecule has 7 heteroatoms. The van der Waals surface area contributed by atoms with Crippen molar-refractivity contribution in [1.29, 1.82) is 0 Å². The largest absolute Gasteiger partial charge is 0.356 e. The van der Waals surface area contributed by atoms with Crippen LogP contribution in [0.4, 0.5) is 11.8 Å². The predicted octanol–water partition coefficient (Wildman–Crippen LogP) is 3.81. The molecule has 3 rings (SSSR count). The molecule has 0 aliphatic carbocycles. The van der Waals surface area contributed by atoms with E-state index < -0.39 is 0 Å². The first-order valence-corrected chi connectivity index (χ1v) is 9.20. The molecule has 1 fully saturated rings. The SMILES string of the molecule is Cc1cc(Br)cnc1N1CCC(N(C)c2ncc(Br)cn2)CC1. The Morgan fingerprint density at radius 3 is 2.26 bits per heavy atom. The molecule has 0 unspecified atom stereocenters. The maximum atomic E-state index is 4.57. The van der Waals surface area contributed by atoms with E-state index >= 15 is 0 Å². The Labute approximate surface area is 153 Å². The number of aromatic nitrogens is 3. The Morgan fingerprint density at radius 2 is 1.65 bits per heavy atom. The topological polar surface area (TPSA) is 45.2 Å². The number of hydrogen-bond donors (Lipinski definition) is 0. The van der Waals surface area contributed by atoms with Crippen LogP contribution in [-0.2, 0) is 0 Å². The van der Waals surface area contributed by atoms with Gasteiger partial charge in [-0.25, -0.2) is 15.0 Å². The van der Waals surface area contributed by atoms with Gasteiger partial charge in [0.05, 0.1) is 4.47 Å². The standard InChI is InChI=1S/C16H19Br2N5/c1-11-7-12(17)8-19-15(11)23-5-3-14(4-6-23)22(2)16-20-9-13(18)10-21-16/h7-10,14H,3-6H2,1-2H3. The van der Waals surface area contributed by atoms with E-state index in [1.807, 2.05) is 6.20 Å². The van der Waals surface area contributed by atoms with E-state index in [9.17, 15) is 0 Å². The van der Waals surface area contributed by atoms with Crippen LogP contribution in [0.2, 0.25) is 0 Å². The zero-order valence-electron chi connectivity index (χ0n) is 13.2. The summed E-state index contributed by atoms with van der Waals surface area (Å²) in [5.41, 5.74) is 1.21. The summed E-state index contributed by atoms with van der Waals surface area (Å²) >= 11 is 6.85. The summed E-state index contributed by atoms with van der Waals surface area (Å²) in [6.45, 7) is 4.11. The molecule has 0 radical (unpaired) electrons. The first-order chi connectivity index (χ1) is 11.0. The summed E-state index contributed by atoms with van der Waals surface area (Å²) in [6.07, 6.45) is 7.61. The monoisotopic (exact) mass is 439 g/mol. The Hall–Kier alpha value is -1.21. The van der Waals surface area contributed by atoms with E-state index in [0.29, 0.717) is 6.04 Å². The third-order valence-corrected chi connectivity index (χ3v) is 5.09. The fourth-order valence-electron chi connectivity index (χ4n) is 2.98. The van der Waals surface area contributed by atoms with Crippen molar-refractivity contribution in [3.05, 3.63) is 39.2 Å². The van der Waals surface area contributed by atoms with Gasteiger partial charge in [-0.1, -0.05) is 0 Å². The number of anilines is 2. The van der Waals surface area contributed by atoms with Crippen LogP contribution in [0.15, 0.2) is 33.6 Å². The number of rotatable bonds is 3. The van der Waals surface area contributed by atoms with Crippen molar-refractivity contribution in [2.75, 3.05) is 29.9 Å². The predicted molar refractivity (Wildman–Crippen MR) is 100 cm³/mol. The second kappa shape index (κ2) is 7.13. The number of halogens is 2. The van der Waals surface area contributed by atoms with Gasteiger partial charge in [0, 0.05) is 49.2 Å². The lowest BCUT2D eigenvalue weighted by atomic mass is 10.0. The Bertz CT molecular complexity index is 669. The van der Waals surface area contributed by atoms with Crippen molar-refractivity contribution in [1.82, 2.24) is 15.0 Å². The number of hydrogen-bond acceptors (Lipinski definition) is 5. The molecule has 3 heterocycles. The minimum absolute atomic E-state index is 0.461. The van der Waals surface area contributed by atoms with Crippen LogP contribution in [0.25, 0.3) is 0 Å². The molecule has 0 saturated carbocycles. The van der Waals surface area contributed by atoms with Gasteiger partial charge in [-0.2, -0.15) is 0 Å². The number of aryl methyl sites for hydroxylation is 1. The van der Waals surface area contributed by atoms with Gasteiger partial charge in [0.15, 0.2) is 0 Å². The molecule has 0 amide bonds. The lowest BCUT2D eigenvalue weighted by Crippen LogP contribution is -2.44. The average molecular weight is 441 g/mol. The molecule has 122 valence electrons. The van der Waals surface area contributed by atoms with Gasteiger partial charge < -0.3 is 9.80 Å². The van der Waals surface area contributed by atoms with E-state index in [2.05, 4.69) is 76.6 Å². The third kappa shape index (κ3) is 3.83. The molecule has 0 bridgehead atoms. The first-order valence-electron chi connectivity index (χ1n) is 7.62. The quantitative estimate of drug-likeness (QED) is 0.725. The van der Waals surface area contributed by atoms with Crippen LogP contribution in [0, 0.1) is 6.92 Å². The van der Waals surface area contributed by atoms with Crippen LogP contribution >= 0.6 is 31.9 Å². The highest BCUT2D eigenvalue weighted by Gasteiger charge is 2.25. The van der Waals surface area contributed by atoms with Gasteiger partial charge in [-0.05, 0) is 63.3 Å². The van der Waals surface area contributed by atoms with Crippen molar-refractivity contribution in [3.63, 3.8) is 0 Å². The van der Waals surface area contributed by atoms with Gasteiger partial charge in [0.25, 0.3) is 0 Å². The highest BCUT2D eigenvalue weighted by molar-refractivity contribution is 9.10. The first kappa shape index (κ1) is 16.6. The maximum Gasteiger partial charge on any atom is 0.225 e. The lowest BCUT2D eigenvalue weighted by molar-refractivity contribution is 0.475. The summed E-state index contributed by atoms with van der Waals surface area (Å²) in [7, 11) is 2.08.